The number of hydrogen-bond acceptors (Lipinski definition) is 6. The van der Waals surface area contributed by atoms with E-state index in [-0.39, 0.29) is 24.1 Å². The van der Waals surface area contributed by atoms with Crippen molar-refractivity contribution in [1.29, 1.82) is 0 Å². The van der Waals surface area contributed by atoms with Gasteiger partial charge in [0.2, 0.25) is 11.8 Å². The van der Waals surface area contributed by atoms with Crippen LogP contribution in [0.5, 0.6) is 5.88 Å². The number of amides is 1. The molecule has 202 valence electrons. The number of aromatic nitrogens is 1. The van der Waals surface area contributed by atoms with Crippen molar-refractivity contribution in [1.82, 2.24) is 15.6 Å². The number of carbonyl (C=O) groups is 1. The van der Waals surface area contributed by atoms with Crippen LogP contribution in [-0.2, 0) is 11.2 Å². The molecule has 37 heavy (non-hydrogen) atoms. The van der Waals surface area contributed by atoms with Crippen molar-refractivity contribution in [2.75, 3.05) is 6.54 Å². The Morgan fingerprint density at radius 2 is 1.95 bits per heavy atom. The molecule has 2 aromatic rings. The third kappa shape index (κ3) is 6.42. The van der Waals surface area contributed by atoms with E-state index in [0.29, 0.717) is 24.3 Å². The molecule has 2 unspecified atom stereocenters. The van der Waals surface area contributed by atoms with Crippen LogP contribution in [0, 0.1) is 5.92 Å². The molecule has 1 aliphatic carbocycles. The number of halogens is 3. The fraction of sp³-hybridized carbons (Fsp3) is 0.556. The molecule has 4 N–H and O–H groups in total. The molecule has 1 amide bonds. The summed E-state index contributed by atoms with van der Waals surface area (Å²) in [6.45, 7) is 2.46. The van der Waals surface area contributed by atoms with Gasteiger partial charge in [0.25, 0.3) is 0 Å². The van der Waals surface area contributed by atoms with E-state index in [4.69, 9.17) is 4.74 Å². The molecule has 1 spiro atoms. The molecule has 0 saturated heterocycles. The SMILES string of the molecule is CC(=O)N[C@@H](Cc1ccccc1)[C@H](O)CN[C@H]1CC2(CCC2)Oc2ncc(C(O)C(C)C(F)(F)F)cc21. The Kier molecular flexibility index (Phi) is 8.11. The van der Waals surface area contributed by atoms with Gasteiger partial charge in [0.1, 0.15) is 5.60 Å². The molecule has 1 aliphatic heterocycles. The van der Waals surface area contributed by atoms with Crippen LogP contribution in [0.3, 0.4) is 0 Å². The number of benzene rings is 1. The molecule has 10 heteroatoms. The minimum absolute atomic E-state index is 0.0595. The second kappa shape index (κ2) is 11.0. The Hall–Kier alpha value is -2.69. The van der Waals surface area contributed by atoms with E-state index in [1.54, 1.807) is 0 Å². The average molecular weight is 522 g/mol. The quantitative estimate of drug-likeness (QED) is 0.401. The normalized spacial score (nSPS) is 21.6. The molecule has 2 aliphatic rings. The number of aliphatic hydroxyl groups is 2. The zero-order valence-corrected chi connectivity index (χ0v) is 21.0. The van der Waals surface area contributed by atoms with Crippen LogP contribution in [0.2, 0.25) is 0 Å². The largest absolute Gasteiger partial charge is 0.471 e. The second-order valence-corrected chi connectivity index (χ2v) is 10.3. The summed E-state index contributed by atoms with van der Waals surface area (Å²) >= 11 is 0. The van der Waals surface area contributed by atoms with Gasteiger partial charge in [0, 0.05) is 43.3 Å². The number of rotatable bonds is 9. The van der Waals surface area contributed by atoms with Crippen LogP contribution in [0.1, 0.15) is 68.4 Å². The number of hydrogen-bond donors (Lipinski definition) is 4. The Morgan fingerprint density at radius 3 is 2.54 bits per heavy atom. The van der Waals surface area contributed by atoms with Gasteiger partial charge in [-0.3, -0.25) is 4.79 Å². The number of aliphatic hydroxyl groups excluding tert-OH is 2. The lowest BCUT2D eigenvalue weighted by Gasteiger charge is -2.47. The summed E-state index contributed by atoms with van der Waals surface area (Å²) in [6.07, 6.45) is -2.33. The molecule has 4 rings (SSSR count). The summed E-state index contributed by atoms with van der Waals surface area (Å²) in [4.78, 5) is 16.1. The van der Waals surface area contributed by atoms with E-state index in [1.165, 1.54) is 19.2 Å². The van der Waals surface area contributed by atoms with Gasteiger partial charge in [-0.2, -0.15) is 13.2 Å². The average Bonchev–Trinajstić information content (AvgIpc) is 2.84. The molecule has 0 bridgehead atoms. The van der Waals surface area contributed by atoms with Gasteiger partial charge in [0.15, 0.2) is 0 Å². The zero-order chi connectivity index (χ0) is 26.8. The summed E-state index contributed by atoms with van der Waals surface area (Å²) in [7, 11) is 0. The predicted molar refractivity (Wildman–Crippen MR) is 131 cm³/mol. The maximum absolute atomic E-state index is 13.2. The lowest BCUT2D eigenvalue weighted by atomic mass is 9.73. The monoisotopic (exact) mass is 521 g/mol. The second-order valence-electron chi connectivity index (χ2n) is 10.3. The predicted octanol–water partition coefficient (Wildman–Crippen LogP) is 3.76. The first-order valence-corrected chi connectivity index (χ1v) is 12.6. The fourth-order valence-electron chi connectivity index (χ4n) is 5.06. The van der Waals surface area contributed by atoms with E-state index < -0.39 is 35.9 Å². The van der Waals surface area contributed by atoms with Crippen molar-refractivity contribution in [3.8, 4) is 5.88 Å². The van der Waals surface area contributed by atoms with Crippen molar-refractivity contribution >= 4 is 5.91 Å². The number of nitrogens with zero attached hydrogens (tertiary/aromatic N) is 1. The molecule has 1 aromatic heterocycles. The summed E-state index contributed by atoms with van der Waals surface area (Å²) in [5.41, 5.74) is 1.18. The van der Waals surface area contributed by atoms with Gasteiger partial charge in [-0.05, 0) is 37.3 Å². The van der Waals surface area contributed by atoms with Crippen molar-refractivity contribution in [2.45, 2.75) is 82.0 Å². The summed E-state index contributed by atoms with van der Waals surface area (Å²) < 4.78 is 45.8. The molecule has 0 radical (unpaired) electrons. The van der Waals surface area contributed by atoms with Crippen LogP contribution < -0.4 is 15.4 Å². The van der Waals surface area contributed by atoms with Crippen LogP contribution in [0.15, 0.2) is 42.6 Å². The summed E-state index contributed by atoms with van der Waals surface area (Å²) in [5, 5.41) is 27.6. The number of alkyl halides is 3. The maximum atomic E-state index is 13.2. The zero-order valence-electron chi connectivity index (χ0n) is 21.0. The van der Waals surface area contributed by atoms with Crippen LogP contribution in [0.4, 0.5) is 13.2 Å². The van der Waals surface area contributed by atoms with Crippen LogP contribution >= 0.6 is 0 Å². The molecule has 2 heterocycles. The first-order valence-electron chi connectivity index (χ1n) is 12.6. The minimum atomic E-state index is -4.55. The van der Waals surface area contributed by atoms with Crippen molar-refractivity contribution in [3.63, 3.8) is 0 Å². The van der Waals surface area contributed by atoms with Crippen molar-refractivity contribution in [3.05, 3.63) is 59.3 Å². The topological polar surface area (TPSA) is 104 Å². The molecule has 1 saturated carbocycles. The van der Waals surface area contributed by atoms with E-state index in [2.05, 4.69) is 15.6 Å². The summed E-state index contributed by atoms with van der Waals surface area (Å²) in [5.74, 6) is -1.89. The van der Waals surface area contributed by atoms with E-state index in [9.17, 15) is 28.2 Å². The van der Waals surface area contributed by atoms with Gasteiger partial charge < -0.3 is 25.6 Å². The molecular formula is C27H34F3N3O4. The number of nitrogens with one attached hydrogen (secondary N) is 2. The smallest absolute Gasteiger partial charge is 0.394 e. The highest BCUT2D eigenvalue weighted by Crippen LogP contribution is 2.49. The Bertz CT molecular complexity index is 1080. The van der Waals surface area contributed by atoms with Gasteiger partial charge in [0.05, 0.1) is 24.2 Å². The van der Waals surface area contributed by atoms with Crippen LogP contribution in [-0.4, -0.2) is 51.6 Å². The first kappa shape index (κ1) is 27.3. The van der Waals surface area contributed by atoms with Gasteiger partial charge in [-0.15, -0.1) is 0 Å². The number of carbonyl (C=O) groups excluding carboxylic acids is 1. The minimum Gasteiger partial charge on any atom is -0.471 e. The molecular weight excluding hydrogens is 487 g/mol. The van der Waals surface area contributed by atoms with E-state index in [1.807, 2.05) is 30.3 Å². The first-order chi connectivity index (χ1) is 17.5. The van der Waals surface area contributed by atoms with Crippen LogP contribution in [0.25, 0.3) is 0 Å². The third-order valence-electron chi connectivity index (χ3n) is 7.49. The number of fused-ring (bicyclic) bond motifs is 1. The van der Waals surface area contributed by atoms with Crippen molar-refractivity contribution in [2.24, 2.45) is 5.92 Å². The lowest BCUT2D eigenvalue weighted by Crippen LogP contribution is -2.52. The highest BCUT2D eigenvalue weighted by atomic mass is 19.4. The molecule has 7 nitrogen and oxygen atoms in total. The maximum Gasteiger partial charge on any atom is 0.394 e. The standard InChI is InChI=1S/C27H34F3N3O4/c1-16(27(28,29)30)24(36)19-12-20-22(13-26(9-6-10-26)37-25(20)32-14-19)31-15-23(35)21(33-17(2)34)11-18-7-4-3-5-8-18/h3-5,7-8,12,14,16,21-24,31,35-36H,6,9-11,13,15H2,1-2H3,(H,33,34)/t16?,21-,22-,23+,24?/m0/s1. The molecule has 1 aromatic carbocycles. The number of pyridine rings is 1. The fourth-order valence-corrected chi connectivity index (χ4v) is 5.06. The van der Waals surface area contributed by atoms with Crippen molar-refractivity contribution < 1.29 is 32.9 Å². The molecule has 1 fully saturated rings. The lowest BCUT2D eigenvalue weighted by molar-refractivity contribution is -0.195. The van der Waals surface area contributed by atoms with Gasteiger partial charge in [-0.1, -0.05) is 37.3 Å². The highest BCUT2D eigenvalue weighted by Gasteiger charge is 2.47. The Balaban J connectivity index is 1.53. The molecule has 5 atom stereocenters. The Morgan fingerprint density at radius 1 is 1.24 bits per heavy atom. The Labute approximate surface area is 214 Å². The highest BCUT2D eigenvalue weighted by molar-refractivity contribution is 5.73. The third-order valence-corrected chi connectivity index (χ3v) is 7.49. The van der Waals surface area contributed by atoms with Gasteiger partial charge in [-0.25, -0.2) is 4.98 Å². The van der Waals surface area contributed by atoms with Gasteiger partial charge >= 0.3 is 6.18 Å². The summed E-state index contributed by atoms with van der Waals surface area (Å²) in [6, 6.07) is 10.1. The van der Waals surface area contributed by atoms with E-state index >= 15 is 0 Å². The number of ether oxygens (including phenoxy) is 1. The van der Waals surface area contributed by atoms with E-state index in [0.717, 1.165) is 31.7 Å².